The molecule has 3 N–H and O–H groups in total. The van der Waals surface area contributed by atoms with Crippen LogP contribution in [0, 0.1) is 17.2 Å². The average Bonchev–Trinajstić information content (AvgIpc) is 3.63. The van der Waals surface area contributed by atoms with Crippen molar-refractivity contribution in [1.29, 1.82) is 5.26 Å². The van der Waals surface area contributed by atoms with Gasteiger partial charge in [0.2, 0.25) is 0 Å². The standard InChI is InChI=1S/C29H33N7O4/c1-40-27(38)35-11-4-19(18-35)15-32-26(37)22-17-31-24(25-3-2-21-12-20(14-30)16-33-36(21)25)13-23(22)34-28-5-8-29(39,9-6-28)10-7-28/h2-3,12-13,16-17,19,39H,4-11,15,18H2,1H3,(H,31,34)(H,32,37)/t19-,28?,29?/m0/s1. The molecule has 3 aromatic heterocycles. The Labute approximate surface area is 232 Å². The van der Waals surface area contributed by atoms with Crippen LogP contribution in [0.1, 0.15) is 60.9 Å². The van der Waals surface area contributed by atoms with Gasteiger partial charge in [0, 0.05) is 31.4 Å². The topological polar surface area (TPSA) is 145 Å². The molecule has 1 aliphatic heterocycles. The summed E-state index contributed by atoms with van der Waals surface area (Å²) in [6, 6.07) is 9.57. The molecule has 1 atom stereocenters. The molecule has 208 valence electrons. The first-order valence-electron chi connectivity index (χ1n) is 13.8. The Hall–Kier alpha value is -4.17. The van der Waals surface area contributed by atoms with Crippen molar-refractivity contribution in [1.82, 2.24) is 24.8 Å². The molecule has 40 heavy (non-hydrogen) atoms. The van der Waals surface area contributed by atoms with Gasteiger partial charge in [-0.2, -0.15) is 10.4 Å². The summed E-state index contributed by atoms with van der Waals surface area (Å²) in [5.74, 6) is -0.0782. The number of aliphatic hydroxyl groups is 1. The molecule has 7 rings (SSSR count). The van der Waals surface area contributed by atoms with Crippen molar-refractivity contribution in [3.8, 4) is 17.5 Å². The van der Waals surface area contributed by atoms with Crippen molar-refractivity contribution < 1.29 is 19.4 Å². The second-order valence-corrected chi connectivity index (χ2v) is 11.4. The fraction of sp³-hybridized carbons (Fsp3) is 0.483. The number of ether oxygens (including phenoxy) is 1. The van der Waals surface area contributed by atoms with Crippen LogP contribution in [-0.4, -0.2) is 74.5 Å². The first-order chi connectivity index (χ1) is 19.3. The molecule has 1 saturated heterocycles. The molecule has 11 nitrogen and oxygen atoms in total. The van der Waals surface area contributed by atoms with E-state index in [2.05, 4.69) is 26.8 Å². The number of carbonyl (C=O) groups is 2. The van der Waals surface area contributed by atoms with Crippen molar-refractivity contribution in [3.05, 3.63) is 47.8 Å². The van der Waals surface area contributed by atoms with E-state index < -0.39 is 5.60 Å². The number of rotatable bonds is 6. The van der Waals surface area contributed by atoms with Crippen molar-refractivity contribution in [2.75, 3.05) is 32.1 Å². The van der Waals surface area contributed by atoms with E-state index in [1.165, 1.54) is 13.3 Å². The van der Waals surface area contributed by atoms with Gasteiger partial charge in [-0.25, -0.2) is 9.31 Å². The lowest BCUT2D eigenvalue weighted by Crippen LogP contribution is -2.54. The minimum Gasteiger partial charge on any atom is -0.453 e. The number of nitrogens with zero attached hydrogens (tertiary/aromatic N) is 5. The van der Waals surface area contributed by atoms with Gasteiger partial charge in [-0.05, 0) is 75.1 Å². The second-order valence-electron chi connectivity index (χ2n) is 11.4. The lowest BCUT2D eigenvalue weighted by atomic mass is 9.63. The average molecular weight is 544 g/mol. The third-order valence-corrected chi connectivity index (χ3v) is 8.92. The zero-order valence-corrected chi connectivity index (χ0v) is 22.5. The van der Waals surface area contributed by atoms with Crippen LogP contribution in [-0.2, 0) is 4.74 Å². The van der Waals surface area contributed by atoms with Gasteiger partial charge in [-0.1, -0.05) is 0 Å². The van der Waals surface area contributed by atoms with Crippen molar-refractivity contribution in [3.63, 3.8) is 0 Å². The summed E-state index contributed by atoms with van der Waals surface area (Å²) in [5, 5.41) is 31.2. The summed E-state index contributed by atoms with van der Waals surface area (Å²) in [7, 11) is 1.37. The lowest BCUT2D eigenvalue weighted by Gasteiger charge is -2.51. The second kappa shape index (κ2) is 10.1. The maximum Gasteiger partial charge on any atom is 0.409 e. The van der Waals surface area contributed by atoms with Gasteiger partial charge < -0.3 is 25.4 Å². The minimum absolute atomic E-state index is 0.149. The predicted molar refractivity (Wildman–Crippen MR) is 147 cm³/mol. The van der Waals surface area contributed by atoms with Gasteiger partial charge in [-0.15, -0.1) is 0 Å². The van der Waals surface area contributed by atoms with E-state index in [1.807, 2.05) is 18.2 Å². The van der Waals surface area contributed by atoms with E-state index in [1.54, 1.807) is 21.7 Å². The van der Waals surface area contributed by atoms with E-state index >= 15 is 0 Å². The number of methoxy groups -OCH3 is 1. The minimum atomic E-state index is -0.564. The van der Waals surface area contributed by atoms with Gasteiger partial charge in [0.25, 0.3) is 5.91 Å². The number of hydrogen-bond donors (Lipinski definition) is 3. The first-order valence-corrected chi connectivity index (χ1v) is 13.8. The molecule has 11 heteroatoms. The Morgan fingerprint density at radius 3 is 2.67 bits per heavy atom. The molecule has 0 aromatic carbocycles. The van der Waals surface area contributed by atoms with Crippen molar-refractivity contribution >= 4 is 23.2 Å². The molecule has 2 bridgehead atoms. The summed E-state index contributed by atoms with van der Waals surface area (Å²) in [5.41, 5.74) is 3.06. The molecule has 4 fully saturated rings. The molecule has 3 aliphatic carbocycles. The van der Waals surface area contributed by atoms with E-state index in [4.69, 9.17) is 4.74 Å². The molecule has 0 spiro atoms. The largest absolute Gasteiger partial charge is 0.453 e. The molecule has 2 amide bonds. The summed E-state index contributed by atoms with van der Waals surface area (Å²) in [4.78, 5) is 31.6. The molecule has 4 heterocycles. The van der Waals surface area contributed by atoms with Gasteiger partial charge in [-0.3, -0.25) is 9.78 Å². The third-order valence-electron chi connectivity index (χ3n) is 8.92. The van der Waals surface area contributed by atoms with Gasteiger partial charge in [0.15, 0.2) is 0 Å². The van der Waals surface area contributed by atoms with Crippen LogP contribution in [0.4, 0.5) is 10.5 Å². The zero-order chi connectivity index (χ0) is 27.9. The molecule has 0 unspecified atom stereocenters. The quantitative estimate of drug-likeness (QED) is 0.429. The molecule has 3 saturated carbocycles. The van der Waals surface area contributed by atoms with E-state index in [0.29, 0.717) is 42.1 Å². The van der Waals surface area contributed by atoms with E-state index in [0.717, 1.165) is 56.2 Å². The predicted octanol–water partition coefficient (Wildman–Crippen LogP) is 3.34. The van der Waals surface area contributed by atoms with Gasteiger partial charge in [0.05, 0.1) is 52.6 Å². The number of amides is 2. The number of hydrogen-bond acceptors (Lipinski definition) is 8. The van der Waals surface area contributed by atoms with E-state index in [9.17, 15) is 20.0 Å². The number of nitrogens with one attached hydrogen (secondary N) is 2. The molecule has 3 aromatic rings. The number of pyridine rings is 1. The summed E-state index contributed by atoms with van der Waals surface area (Å²) < 4.78 is 6.56. The number of anilines is 1. The molecular weight excluding hydrogens is 510 g/mol. The number of likely N-dealkylation sites (tertiary alicyclic amines) is 1. The Morgan fingerprint density at radius 1 is 1.18 bits per heavy atom. The smallest absolute Gasteiger partial charge is 0.409 e. The molecule has 0 radical (unpaired) electrons. The monoisotopic (exact) mass is 543 g/mol. The van der Waals surface area contributed by atoms with Gasteiger partial charge >= 0.3 is 6.09 Å². The van der Waals surface area contributed by atoms with Crippen LogP contribution in [0.25, 0.3) is 16.9 Å². The maximum absolute atomic E-state index is 13.5. The summed E-state index contributed by atoms with van der Waals surface area (Å²) >= 11 is 0. The SMILES string of the molecule is COC(=O)N1CC[C@@H](CNC(=O)c2cnc(-c3ccc4cc(C#N)cnn34)cc2NC23CCC(O)(CC2)CC3)C1. The number of aromatic nitrogens is 3. The molecular formula is C29H33N7O4. The number of carbonyl (C=O) groups excluding carboxylic acids is 2. The number of fused-ring (bicyclic) bond motifs is 4. The highest BCUT2D eigenvalue weighted by atomic mass is 16.5. The van der Waals surface area contributed by atoms with Crippen molar-refractivity contribution in [2.45, 2.75) is 56.1 Å². The summed E-state index contributed by atoms with van der Waals surface area (Å²) in [6.07, 6.45) is 8.30. The maximum atomic E-state index is 13.5. The Morgan fingerprint density at radius 2 is 1.95 bits per heavy atom. The van der Waals surface area contributed by atoms with Crippen LogP contribution < -0.4 is 10.6 Å². The Bertz CT molecular complexity index is 1490. The van der Waals surface area contributed by atoms with Crippen LogP contribution in [0.5, 0.6) is 0 Å². The highest BCUT2D eigenvalue weighted by Gasteiger charge is 2.48. The van der Waals surface area contributed by atoms with Crippen LogP contribution >= 0.6 is 0 Å². The highest BCUT2D eigenvalue weighted by molar-refractivity contribution is 6.00. The van der Waals surface area contributed by atoms with Crippen LogP contribution in [0.3, 0.4) is 0 Å². The van der Waals surface area contributed by atoms with Crippen LogP contribution in [0.2, 0.25) is 0 Å². The normalized spacial score (nSPS) is 25.5. The fourth-order valence-corrected chi connectivity index (χ4v) is 6.40. The fourth-order valence-electron chi connectivity index (χ4n) is 6.40. The number of nitriles is 1. The Kier molecular flexibility index (Phi) is 6.58. The van der Waals surface area contributed by atoms with E-state index in [-0.39, 0.29) is 23.5 Å². The van der Waals surface area contributed by atoms with Crippen LogP contribution in [0.15, 0.2) is 36.7 Å². The lowest BCUT2D eigenvalue weighted by molar-refractivity contribution is -0.0580. The molecule has 4 aliphatic rings. The Balaban J connectivity index is 1.27. The zero-order valence-electron chi connectivity index (χ0n) is 22.5. The third kappa shape index (κ3) is 4.84. The highest BCUT2D eigenvalue weighted by Crippen LogP contribution is 2.48. The van der Waals surface area contributed by atoms with Crippen molar-refractivity contribution in [2.24, 2.45) is 5.92 Å². The summed E-state index contributed by atoms with van der Waals surface area (Å²) in [6.45, 7) is 1.60. The first kappa shape index (κ1) is 26.1. The van der Waals surface area contributed by atoms with Gasteiger partial charge in [0.1, 0.15) is 6.07 Å².